The van der Waals surface area contributed by atoms with E-state index in [4.69, 9.17) is 10.5 Å². The van der Waals surface area contributed by atoms with Crippen molar-refractivity contribution < 1.29 is 13.2 Å². The third-order valence-corrected chi connectivity index (χ3v) is 4.32. The zero-order valence-electron chi connectivity index (χ0n) is 10.3. The molecule has 0 aliphatic heterocycles. The molecule has 0 atom stereocenters. The lowest BCUT2D eigenvalue weighted by Crippen LogP contribution is -2.35. The highest BCUT2D eigenvalue weighted by atomic mass is 32.2. The molecule has 0 rings (SSSR count). The average Bonchev–Trinajstić information content (AvgIpc) is 2.24. The van der Waals surface area contributed by atoms with Crippen LogP contribution < -0.4 is 5.73 Å². The van der Waals surface area contributed by atoms with Gasteiger partial charge in [-0.1, -0.05) is 6.92 Å². The number of hydrogen-bond acceptors (Lipinski definition) is 4. The van der Waals surface area contributed by atoms with Crippen LogP contribution >= 0.6 is 0 Å². The van der Waals surface area contributed by atoms with Crippen molar-refractivity contribution in [3.05, 3.63) is 0 Å². The first-order chi connectivity index (χ1) is 7.58. The van der Waals surface area contributed by atoms with Crippen molar-refractivity contribution in [2.75, 3.05) is 38.6 Å². The first-order valence-corrected chi connectivity index (χ1v) is 7.45. The zero-order chi connectivity index (χ0) is 12.4. The van der Waals surface area contributed by atoms with Gasteiger partial charge in [-0.3, -0.25) is 0 Å². The third-order valence-electron chi connectivity index (χ3n) is 2.29. The van der Waals surface area contributed by atoms with E-state index in [1.165, 1.54) is 4.31 Å². The molecule has 0 saturated carbocycles. The standard InChI is InChI=1S/C10H24N2O3S/c1-3-12(8-9-15-4-2)16(13,14)10-6-5-7-11/h3-11H2,1-2H3. The summed E-state index contributed by atoms with van der Waals surface area (Å²) in [7, 11) is -3.13. The van der Waals surface area contributed by atoms with Gasteiger partial charge in [0.2, 0.25) is 10.0 Å². The van der Waals surface area contributed by atoms with Crippen LogP contribution in [0.5, 0.6) is 0 Å². The molecule has 98 valence electrons. The molecule has 0 aromatic rings. The number of unbranched alkanes of at least 4 members (excludes halogenated alkanes) is 1. The molecule has 0 bridgehead atoms. The van der Waals surface area contributed by atoms with Gasteiger partial charge in [-0.05, 0) is 26.3 Å². The van der Waals surface area contributed by atoms with Gasteiger partial charge < -0.3 is 10.5 Å². The van der Waals surface area contributed by atoms with Crippen molar-refractivity contribution in [2.24, 2.45) is 5.73 Å². The lowest BCUT2D eigenvalue weighted by molar-refractivity contribution is 0.135. The molecule has 0 fully saturated rings. The summed E-state index contributed by atoms with van der Waals surface area (Å²) in [6, 6.07) is 0. The summed E-state index contributed by atoms with van der Waals surface area (Å²) in [6.45, 7) is 6.29. The minimum absolute atomic E-state index is 0.185. The van der Waals surface area contributed by atoms with Crippen molar-refractivity contribution in [1.29, 1.82) is 0 Å². The molecule has 0 spiro atoms. The summed E-state index contributed by atoms with van der Waals surface area (Å²) >= 11 is 0. The van der Waals surface area contributed by atoms with Crippen LogP contribution in [0.4, 0.5) is 0 Å². The van der Waals surface area contributed by atoms with Gasteiger partial charge in [-0.25, -0.2) is 8.42 Å². The molecule has 0 amide bonds. The highest BCUT2D eigenvalue weighted by molar-refractivity contribution is 7.89. The number of rotatable bonds is 10. The molecule has 0 saturated heterocycles. The fourth-order valence-electron chi connectivity index (χ4n) is 1.36. The summed E-state index contributed by atoms with van der Waals surface area (Å²) in [5.74, 6) is 0.185. The second-order valence-corrected chi connectivity index (χ2v) is 5.59. The number of likely N-dealkylation sites (N-methyl/N-ethyl adjacent to an activating group) is 1. The van der Waals surface area contributed by atoms with Gasteiger partial charge in [0, 0.05) is 19.7 Å². The topological polar surface area (TPSA) is 72.6 Å². The van der Waals surface area contributed by atoms with Crippen LogP contribution in [0, 0.1) is 0 Å². The van der Waals surface area contributed by atoms with Crippen LogP contribution in [0.2, 0.25) is 0 Å². The van der Waals surface area contributed by atoms with Crippen LogP contribution in [-0.2, 0) is 14.8 Å². The van der Waals surface area contributed by atoms with E-state index in [0.29, 0.717) is 39.3 Å². The van der Waals surface area contributed by atoms with Crippen LogP contribution in [-0.4, -0.2) is 51.3 Å². The Labute approximate surface area is 99.0 Å². The summed E-state index contributed by atoms with van der Waals surface area (Å²) in [5, 5.41) is 0. The monoisotopic (exact) mass is 252 g/mol. The summed E-state index contributed by atoms with van der Waals surface area (Å²) in [5.41, 5.74) is 5.34. The molecule has 0 heterocycles. The molecule has 0 aromatic carbocycles. The zero-order valence-corrected chi connectivity index (χ0v) is 11.1. The Morgan fingerprint density at radius 2 is 1.94 bits per heavy atom. The Morgan fingerprint density at radius 1 is 1.25 bits per heavy atom. The van der Waals surface area contributed by atoms with Crippen LogP contribution in [0.3, 0.4) is 0 Å². The van der Waals surface area contributed by atoms with Gasteiger partial charge in [0.25, 0.3) is 0 Å². The van der Waals surface area contributed by atoms with E-state index in [9.17, 15) is 8.42 Å². The lowest BCUT2D eigenvalue weighted by Gasteiger charge is -2.20. The summed E-state index contributed by atoms with van der Waals surface area (Å²) in [6.07, 6.45) is 1.38. The highest BCUT2D eigenvalue weighted by Crippen LogP contribution is 2.04. The number of ether oxygens (including phenoxy) is 1. The lowest BCUT2D eigenvalue weighted by atomic mass is 10.3. The van der Waals surface area contributed by atoms with Crippen molar-refractivity contribution in [3.8, 4) is 0 Å². The van der Waals surface area contributed by atoms with Crippen LogP contribution in [0.25, 0.3) is 0 Å². The predicted molar refractivity (Wildman–Crippen MR) is 65.8 cm³/mol. The van der Waals surface area contributed by atoms with Crippen molar-refractivity contribution in [2.45, 2.75) is 26.7 Å². The minimum Gasteiger partial charge on any atom is -0.380 e. The van der Waals surface area contributed by atoms with E-state index < -0.39 is 10.0 Å². The third kappa shape index (κ3) is 6.42. The maximum absolute atomic E-state index is 11.9. The van der Waals surface area contributed by atoms with Gasteiger partial charge in [0.05, 0.1) is 12.4 Å². The predicted octanol–water partition coefficient (Wildman–Crippen LogP) is 0.414. The minimum atomic E-state index is -3.13. The second kappa shape index (κ2) is 8.92. The fourth-order valence-corrected chi connectivity index (χ4v) is 2.94. The average molecular weight is 252 g/mol. The largest absolute Gasteiger partial charge is 0.380 e. The SMILES string of the molecule is CCOCCN(CC)S(=O)(=O)CCCCN. The molecular formula is C10H24N2O3S. The van der Waals surface area contributed by atoms with Gasteiger partial charge in [0.15, 0.2) is 0 Å². The van der Waals surface area contributed by atoms with E-state index in [2.05, 4.69) is 0 Å². The highest BCUT2D eigenvalue weighted by Gasteiger charge is 2.19. The summed E-state index contributed by atoms with van der Waals surface area (Å²) in [4.78, 5) is 0. The molecule has 0 aliphatic carbocycles. The van der Waals surface area contributed by atoms with Crippen molar-refractivity contribution >= 4 is 10.0 Å². The van der Waals surface area contributed by atoms with E-state index in [1.54, 1.807) is 0 Å². The van der Waals surface area contributed by atoms with Gasteiger partial charge in [-0.2, -0.15) is 4.31 Å². The Morgan fingerprint density at radius 3 is 2.44 bits per heavy atom. The Kier molecular flexibility index (Phi) is 8.83. The smallest absolute Gasteiger partial charge is 0.214 e. The molecular weight excluding hydrogens is 228 g/mol. The molecule has 0 aromatic heterocycles. The Balaban J connectivity index is 4.09. The molecule has 0 unspecified atom stereocenters. The first-order valence-electron chi connectivity index (χ1n) is 5.84. The molecule has 16 heavy (non-hydrogen) atoms. The number of sulfonamides is 1. The Hall–Kier alpha value is -0.170. The molecule has 0 aliphatic rings. The molecule has 0 radical (unpaired) electrons. The molecule has 2 N–H and O–H groups in total. The second-order valence-electron chi connectivity index (χ2n) is 3.50. The molecule has 5 nitrogen and oxygen atoms in total. The van der Waals surface area contributed by atoms with E-state index in [0.717, 1.165) is 6.42 Å². The van der Waals surface area contributed by atoms with Crippen molar-refractivity contribution in [1.82, 2.24) is 4.31 Å². The van der Waals surface area contributed by atoms with Gasteiger partial charge >= 0.3 is 0 Å². The normalized spacial score (nSPS) is 12.2. The first kappa shape index (κ1) is 15.8. The quantitative estimate of drug-likeness (QED) is 0.572. The summed E-state index contributed by atoms with van der Waals surface area (Å²) < 4.78 is 30.4. The fraction of sp³-hybridized carbons (Fsp3) is 1.00. The van der Waals surface area contributed by atoms with Crippen LogP contribution in [0.15, 0.2) is 0 Å². The Bertz CT molecular complexity index is 255. The van der Waals surface area contributed by atoms with Gasteiger partial charge in [0.1, 0.15) is 0 Å². The van der Waals surface area contributed by atoms with Gasteiger partial charge in [-0.15, -0.1) is 0 Å². The number of nitrogens with zero attached hydrogens (tertiary/aromatic N) is 1. The van der Waals surface area contributed by atoms with Crippen LogP contribution in [0.1, 0.15) is 26.7 Å². The van der Waals surface area contributed by atoms with E-state index in [-0.39, 0.29) is 5.75 Å². The van der Waals surface area contributed by atoms with Crippen molar-refractivity contribution in [3.63, 3.8) is 0 Å². The maximum Gasteiger partial charge on any atom is 0.214 e. The van der Waals surface area contributed by atoms with E-state index >= 15 is 0 Å². The van der Waals surface area contributed by atoms with E-state index in [1.807, 2.05) is 13.8 Å². The number of nitrogens with two attached hydrogens (primary N) is 1. The maximum atomic E-state index is 11.9. The number of hydrogen-bond donors (Lipinski definition) is 1. The molecule has 6 heteroatoms.